The van der Waals surface area contributed by atoms with Gasteiger partial charge in [0.15, 0.2) is 0 Å². The van der Waals surface area contributed by atoms with Crippen LogP contribution in [0.2, 0.25) is 0 Å². The van der Waals surface area contributed by atoms with Gasteiger partial charge in [-0.2, -0.15) is 0 Å². The molecule has 0 spiro atoms. The number of amidine groups is 1. The molecule has 0 aliphatic heterocycles. The van der Waals surface area contributed by atoms with Gasteiger partial charge in [-0.15, -0.1) is 0 Å². The first-order valence-corrected chi connectivity index (χ1v) is 6.29. The van der Waals surface area contributed by atoms with Crippen LogP contribution >= 0.6 is 0 Å². The molecule has 2 aliphatic rings. The molecule has 3 N–H and O–H groups in total. The average molecular weight is 209 g/mol. The van der Waals surface area contributed by atoms with E-state index in [0.717, 1.165) is 24.8 Å². The molecule has 1 unspecified atom stereocenters. The fourth-order valence-corrected chi connectivity index (χ4v) is 2.35. The average Bonchev–Trinajstić information content (AvgIpc) is 3.00. The third-order valence-electron chi connectivity index (χ3n) is 3.58. The monoisotopic (exact) mass is 209 g/mol. The van der Waals surface area contributed by atoms with E-state index in [-0.39, 0.29) is 0 Å². The molecule has 3 nitrogen and oxygen atoms in total. The van der Waals surface area contributed by atoms with Gasteiger partial charge in [0.1, 0.15) is 0 Å². The number of hydrogen-bond acceptors (Lipinski definition) is 2. The molecule has 15 heavy (non-hydrogen) atoms. The quantitative estimate of drug-likeness (QED) is 0.497. The third kappa shape index (κ3) is 3.20. The van der Waals surface area contributed by atoms with Gasteiger partial charge in [0.2, 0.25) is 0 Å². The Morgan fingerprint density at radius 3 is 2.47 bits per heavy atom. The highest BCUT2D eigenvalue weighted by atomic mass is 15.2. The summed E-state index contributed by atoms with van der Waals surface area (Å²) in [7, 11) is 0. The molecule has 3 heteroatoms. The van der Waals surface area contributed by atoms with Crippen LogP contribution in [0.25, 0.3) is 0 Å². The van der Waals surface area contributed by atoms with E-state index < -0.39 is 0 Å². The normalized spacial score (nSPS) is 23.1. The van der Waals surface area contributed by atoms with Crippen LogP contribution in [-0.2, 0) is 0 Å². The molecule has 1 atom stereocenters. The molecule has 0 aromatic rings. The van der Waals surface area contributed by atoms with Crippen molar-refractivity contribution < 1.29 is 0 Å². The van der Waals surface area contributed by atoms with Crippen molar-refractivity contribution >= 4 is 5.84 Å². The lowest BCUT2D eigenvalue weighted by molar-refractivity contribution is 0.176. The fraction of sp³-hybridized carbons (Fsp3) is 0.917. The van der Waals surface area contributed by atoms with Gasteiger partial charge in [0.25, 0.3) is 0 Å². The summed E-state index contributed by atoms with van der Waals surface area (Å²) >= 11 is 0. The van der Waals surface area contributed by atoms with Gasteiger partial charge < -0.3 is 5.73 Å². The van der Waals surface area contributed by atoms with E-state index in [1.54, 1.807) is 0 Å². The van der Waals surface area contributed by atoms with Crippen LogP contribution in [0.3, 0.4) is 0 Å². The highest BCUT2D eigenvalue weighted by Gasteiger charge is 2.36. The van der Waals surface area contributed by atoms with Crippen LogP contribution in [0.1, 0.15) is 45.4 Å². The first-order chi connectivity index (χ1) is 7.20. The van der Waals surface area contributed by atoms with Gasteiger partial charge in [-0.05, 0) is 38.0 Å². The summed E-state index contributed by atoms with van der Waals surface area (Å²) in [5, 5.41) is 7.43. The minimum absolute atomic E-state index is 0.350. The van der Waals surface area contributed by atoms with E-state index in [0.29, 0.717) is 11.9 Å². The summed E-state index contributed by atoms with van der Waals surface area (Å²) in [4.78, 5) is 2.64. The highest BCUT2D eigenvalue weighted by Crippen LogP contribution is 2.36. The lowest BCUT2D eigenvalue weighted by atomic mass is 10.1. The Labute approximate surface area is 92.5 Å². The van der Waals surface area contributed by atoms with Crippen LogP contribution < -0.4 is 5.73 Å². The summed E-state index contributed by atoms with van der Waals surface area (Å²) in [6.45, 7) is 3.48. The zero-order chi connectivity index (χ0) is 10.8. The largest absolute Gasteiger partial charge is 0.388 e. The van der Waals surface area contributed by atoms with E-state index in [9.17, 15) is 0 Å². The van der Waals surface area contributed by atoms with Crippen molar-refractivity contribution in [1.29, 1.82) is 5.41 Å². The van der Waals surface area contributed by atoms with Crippen molar-refractivity contribution in [3.05, 3.63) is 0 Å². The molecule has 2 rings (SSSR count). The topological polar surface area (TPSA) is 53.1 Å². The highest BCUT2D eigenvalue weighted by molar-refractivity contribution is 5.77. The molecule has 2 fully saturated rings. The van der Waals surface area contributed by atoms with Gasteiger partial charge in [0.05, 0.1) is 5.84 Å². The summed E-state index contributed by atoms with van der Waals surface area (Å²) in [6.07, 6.45) is 7.45. The van der Waals surface area contributed by atoms with E-state index in [1.165, 1.54) is 32.2 Å². The standard InChI is InChI=1S/C12H23N3/c1-2-10(7-12(13)14)15(11-5-6-11)8-9-3-4-9/h9-11H,2-8H2,1H3,(H3,13,14). The molecule has 0 saturated heterocycles. The number of hydrogen-bond donors (Lipinski definition) is 2. The molecule has 0 radical (unpaired) electrons. The molecular weight excluding hydrogens is 186 g/mol. The molecular formula is C12H23N3. The van der Waals surface area contributed by atoms with Gasteiger partial charge in [-0.1, -0.05) is 6.92 Å². The molecule has 2 aliphatic carbocycles. The van der Waals surface area contributed by atoms with Gasteiger partial charge in [-0.3, -0.25) is 10.3 Å². The van der Waals surface area contributed by atoms with Crippen LogP contribution in [0.4, 0.5) is 0 Å². The summed E-state index contributed by atoms with van der Waals surface area (Å²) < 4.78 is 0. The minimum atomic E-state index is 0.350. The van der Waals surface area contributed by atoms with E-state index in [1.807, 2.05) is 0 Å². The second-order valence-corrected chi connectivity index (χ2v) is 5.16. The number of rotatable bonds is 7. The molecule has 0 bridgehead atoms. The molecule has 2 saturated carbocycles. The van der Waals surface area contributed by atoms with Gasteiger partial charge in [0, 0.05) is 25.0 Å². The second kappa shape index (κ2) is 4.52. The molecule has 0 aromatic carbocycles. The summed E-state index contributed by atoms with van der Waals surface area (Å²) in [6, 6.07) is 1.34. The van der Waals surface area contributed by atoms with Crippen LogP contribution in [0.15, 0.2) is 0 Å². The Morgan fingerprint density at radius 1 is 1.40 bits per heavy atom. The zero-order valence-corrected chi connectivity index (χ0v) is 9.71. The SMILES string of the molecule is CCC(CC(=N)N)N(CC1CC1)C1CC1. The number of nitrogens with one attached hydrogen (secondary N) is 1. The van der Waals surface area contributed by atoms with Crippen LogP contribution in [0.5, 0.6) is 0 Å². The Morgan fingerprint density at radius 2 is 2.07 bits per heavy atom. The fourth-order valence-electron chi connectivity index (χ4n) is 2.35. The van der Waals surface area contributed by atoms with E-state index in [4.69, 9.17) is 11.1 Å². The zero-order valence-electron chi connectivity index (χ0n) is 9.71. The van der Waals surface area contributed by atoms with Crippen molar-refractivity contribution in [2.45, 2.75) is 57.5 Å². The maximum atomic E-state index is 7.43. The Hall–Kier alpha value is -0.570. The molecule has 0 heterocycles. The predicted octanol–water partition coefficient (Wildman–Crippen LogP) is 1.97. The van der Waals surface area contributed by atoms with E-state index >= 15 is 0 Å². The molecule has 0 amide bonds. The summed E-state index contributed by atoms with van der Waals surface area (Å²) in [5.41, 5.74) is 5.53. The van der Waals surface area contributed by atoms with Crippen molar-refractivity contribution in [1.82, 2.24) is 4.90 Å². The number of nitrogens with zero attached hydrogens (tertiary/aromatic N) is 1. The van der Waals surface area contributed by atoms with Crippen molar-refractivity contribution in [3.8, 4) is 0 Å². The van der Waals surface area contributed by atoms with Crippen LogP contribution in [0, 0.1) is 11.3 Å². The smallest absolute Gasteiger partial charge is 0.0921 e. The van der Waals surface area contributed by atoms with Crippen molar-refractivity contribution in [3.63, 3.8) is 0 Å². The Kier molecular flexibility index (Phi) is 3.29. The first-order valence-electron chi connectivity index (χ1n) is 6.29. The Bertz CT molecular complexity index is 231. The maximum absolute atomic E-state index is 7.43. The maximum Gasteiger partial charge on any atom is 0.0921 e. The Balaban J connectivity index is 1.89. The predicted molar refractivity (Wildman–Crippen MR) is 63.1 cm³/mol. The summed E-state index contributed by atoms with van der Waals surface area (Å²) in [5.74, 6) is 1.30. The lowest BCUT2D eigenvalue weighted by Crippen LogP contribution is -2.40. The van der Waals surface area contributed by atoms with Crippen molar-refractivity contribution in [2.75, 3.05) is 6.54 Å². The van der Waals surface area contributed by atoms with Crippen molar-refractivity contribution in [2.24, 2.45) is 11.7 Å². The minimum Gasteiger partial charge on any atom is -0.388 e. The van der Waals surface area contributed by atoms with Gasteiger partial charge in [-0.25, -0.2) is 0 Å². The first kappa shape index (κ1) is 10.9. The second-order valence-electron chi connectivity index (χ2n) is 5.16. The van der Waals surface area contributed by atoms with Gasteiger partial charge >= 0.3 is 0 Å². The number of nitrogens with two attached hydrogens (primary N) is 1. The van der Waals surface area contributed by atoms with E-state index in [2.05, 4.69) is 11.8 Å². The molecule has 86 valence electrons. The third-order valence-corrected chi connectivity index (χ3v) is 3.58. The molecule has 0 aromatic heterocycles. The lowest BCUT2D eigenvalue weighted by Gasteiger charge is -2.31. The van der Waals surface area contributed by atoms with Crippen LogP contribution in [-0.4, -0.2) is 29.4 Å².